The Bertz CT molecular complexity index is 1520. The first-order valence-corrected chi connectivity index (χ1v) is 15.4. The summed E-state index contributed by atoms with van der Waals surface area (Å²) in [4.78, 5) is 22.5. The van der Waals surface area contributed by atoms with Crippen LogP contribution >= 0.6 is 0 Å². The van der Waals surface area contributed by atoms with Gasteiger partial charge in [-0.1, -0.05) is 13.2 Å². The summed E-state index contributed by atoms with van der Waals surface area (Å²) in [6, 6.07) is 0. The van der Waals surface area contributed by atoms with Gasteiger partial charge in [-0.25, -0.2) is 49.1 Å². The van der Waals surface area contributed by atoms with E-state index in [1.54, 1.807) is 0 Å². The Morgan fingerprint density at radius 2 is 1.09 bits per heavy atom. The van der Waals surface area contributed by atoms with E-state index < -0.39 is 160 Å². The molecule has 4 atom stereocenters. The first-order valence-electron chi connectivity index (χ1n) is 15.4. The van der Waals surface area contributed by atoms with Crippen LogP contribution in [0.2, 0.25) is 0 Å². The third-order valence-electron chi connectivity index (χ3n) is 6.32. The summed E-state index contributed by atoms with van der Waals surface area (Å²) in [5, 5.41) is 20.7. The van der Waals surface area contributed by atoms with Crippen molar-refractivity contribution >= 4 is 11.9 Å². The second kappa shape index (κ2) is 22.9. The molecule has 25 heteroatoms. The largest absolute Gasteiger partial charge is 0.460 e. The molecule has 0 aromatic heterocycles. The van der Waals surface area contributed by atoms with Gasteiger partial charge in [0.2, 0.25) is 23.3 Å². The zero-order valence-corrected chi connectivity index (χ0v) is 29.5. The van der Waals surface area contributed by atoms with Crippen molar-refractivity contribution in [3.05, 3.63) is 71.9 Å². The molecular weight excluding hydrogens is 829 g/mol. The van der Waals surface area contributed by atoms with Crippen LogP contribution in [-0.2, 0) is 38.0 Å². The molecule has 0 aliphatic heterocycles. The molecule has 57 heavy (non-hydrogen) atoms. The maximum Gasteiger partial charge on any atom is 0.460 e. The normalized spacial score (nSPS) is 18.0. The summed E-state index contributed by atoms with van der Waals surface area (Å²) in [5.41, 5.74) is -3.72. The molecule has 328 valence electrons. The van der Waals surface area contributed by atoms with Crippen molar-refractivity contribution in [1.82, 2.24) is 0 Å². The van der Waals surface area contributed by atoms with Crippen LogP contribution in [-0.4, -0.2) is 117 Å². The van der Waals surface area contributed by atoms with Crippen molar-refractivity contribution in [2.75, 3.05) is 59.5 Å². The SMILES string of the molecule is C=CC(=O)OCC(C)(O)COCC(COCCCOC(F)(/C(F)=C(F)/C(F)=C(F)/C(F)=C(F)/C(F)=C(\F)CF)C(F)(F)C(F)(F)F)OCC(C)(O)COC(=O)C=C. The highest BCUT2D eigenvalue weighted by molar-refractivity contribution is 5.81. The van der Waals surface area contributed by atoms with Gasteiger partial charge in [0.05, 0.1) is 33.0 Å². The molecule has 0 heterocycles. The average Bonchev–Trinajstić information content (AvgIpc) is 3.15. The maximum atomic E-state index is 15.1. The molecule has 0 radical (unpaired) electrons. The van der Waals surface area contributed by atoms with Crippen molar-refractivity contribution in [1.29, 1.82) is 0 Å². The van der Waals surface area contributed by atoms with E-state index in [4.69, 9.17) is 23.7 Å². The number of hydrogen-bond donors (Lipinski definition) is 2. The van der Waals surface area contributed by atoms with Crippen molar-refractivity contribution < 1.29 is 114 Å². The maximum absolute atomic E-state index is 15.1. The summed E-state index contributed by atoms with van der Waals surface area (Å²) in [6.45, 7) is -0.270. The number of rotatable bonds is 26. The lowest BCUT2D eigenvalue weighted by Gasteiger charge is -2.33. The van der Waals surface area contributed by atoms with Gasteiger partial charge in [-0.2, -0.15) is 26.3 Å². The highest BCUT2D eigenvalue weighted by Crippen LogP contribution is 2.51. The van der Waals surface area contributed by atoms with Crippen molar-refractivity contribution in [3.8, 4) is 0 Å². The van der Waals surface area contributed by atoms with Crippen molar-refractivity contribution in [2.45, 2.75) is 55.5 Å². The molecule has 4 unspecified atom stereocenters. The Balaban J connectivity index is 6.12. The molecule has 2 N–H and O–H groups in total. The average molecular weight is 865 g/mol. The topological polar surface area (TPSA) is 130 Å². The minimum Gasteiger partial charge on any atom is -0.459 e. The van der Waals surface area contributed by atoms with E-state index in [9.17, 15) is 81.3 Å². The lowest BCUT2D eigenvalue weighted by molar-refractivity contribution is -0.375. The number of esters is 2. The monoisotopic (exact) mass is 864 g/mol. The van der Waals surface area contributed by atoms with Gasteiger partial charge in [0, 0.05) is 18.8 Å². The first-order chi connectivity index (χ1) is 26.1. The molecule has 0 aromatic carbocycles. The molecule has 0 aliphatic rings. The van der Waals surface area contributed by atoms with E-state index >= 15 is 4.39 Å². The fourth-order valence-electron chi connectivity index (χ4n) is 3.37. The highest BCUT2D eigenvalue weighted by Gasteiger charge is 2.75. The van der Waals surface area contributed by atoms with Gasteiger partial charge in [-0.15, -0.1) is 0 Å². The van der Waals surface area contributed by atoms with E-state index in [-0.39, 0.29) is 0 Å². The lowest BCUT2D eigenvalue weighted by Crippen LogP contribution is -2.56. The molecule has 0 saturated heterocycles. The van der Waals surface area contributed by atoms with E-state index in [0.29, 0.717) is 0 Å². The third kappa shape index (κ3) is 16.5. The molecule has 0 aromatic rings. The van der Waals surface area contributed by atoms with E-state index in [1.165, 1.54) is 6.92 Å². The van der Waals surface area contributed by atoms with E-state index in [0.717, 1.165) is 19.1 Å². The molecule has 0 bridgehead atoms. The van der Waals surface area contributed by atoms with E-state index in [2.05, 4.69) is 17.9 Å². The van der Waals surface area contributed by atoms with Gasteiger partial charge < -0.3 is 38.6 Å². The lowest BCUT2D eigenvalue weighted by atomic mass is 10.1. The summed E-state index contributed by atoms with van der Waals surface area (Å²) in [6.07, 6.45) is -7.94. The Morgan fingerprint density at radius 1 is 0.649 bits per heavy atom. The first kappa shape index (κ1) is 53.1. The van der Waals surface area contributed by atoms with Gasteiger partial charge in [-0.05, 0) is 20.3 Å². The van der Waals surface area contributed by atoms with Crippen LogP contribution in [0.3, 0.4) is 0 Å². The van der Waals surface area contributed by atoms with Crippen molar-refractivity contribution in [2.24, 2.45) is 0 Å². The second-order valence-corrected chi connectivity index (χ2v) is 11.7. The Morgan fingerprint density at radius 3 is 1.54 bits per heavy atom. The number of ether oxygens (including phenoxy) is 6. The summed E-state index contributed by atoms with van der Waals surface area (Å²) < 4.78 is 233. The fraction of sp³-hybridized carbons (Fsp3) is 0.562. The van der Waals surface area contributed by atoms with Crippen LogP contribution in [0.5, 0.6) is 0 Å². The molecule has 0 rings (SSSR count). The molecule has 0 aliphatic carbocycles. The molecule has 0 fully saturated rings. The number of allylic oxidation sites excluding steroid dienone is 7. The zero-order chi connectivity index (χ0) is 44.6. The van der Waals surface area contributed by atoms with Gasteiger partial charge in [0.25, 0.3) is 0 Å². The number of carbonyl (C=O) groups is 2. The quantitative estimate of drug-likeness (QED) is 0.0303. The fourth-order valence-corrected chi connectivity index (χ4v) is 3.37. The van der Waals surface area contributed by atoms with Gasteiger partial charge in [0.1, 0.15) is 37.2 Å². The Hall–Kier alpha value is -3.91. The van der Waals surface area contributed by atoms with Crippen LogP contribution in [0.25, 0.3) is 0 Å². The number of carbonyl (C=O) groups excluding carboxylic acids is 2. The molecule has 0 spiro atoms. The standard InChI is InChI=1S/C32H35F15O10/c1-5-19(48)55-15-28(3,50)13-53-12-17(54-14-29(4,51)16-56-20(49)6-2)11-52-8-7-9-57-30(42,31(43,44)32(45,46)47)27(41)26(40)25(39)24(38)23(37)22(36)21(35)18(34)10-33/h5-6,17,50-51H,1-2,7-16H2,3-4H3/b21-18+,23-22+,25-24+,27-26+. The molecule has 10 nitrogen and oxygen atoms in total. The smallest absolute Gasteiger partial charge is 0.459 e. The zero-order valence-electron chi connectivity index (χ0n) is 29.5. The van der Waals surface area contributed by atoms with Gasteiger partial charge in [-0.3, -0.25) is 0 Å². The summed E-state index contributed by atoms with van der Waals surface area (Å²) in [7, 11) is 0. The number of hydrogen-bond acceptors (Lipinski definition) is 10. The summed E-state index contributed by atoms with van der Waals surface area (Å²) >= 11 is 0. The van der Waals surface area contributed by atoms with Crippen LogP contribution in [0, 0.1) is 0 Å². The van der Waals surface area contributed by atoms with Crippen molar-refractivity contribution in [3.63, 3.8) is 0 Å². The molecule has 0 saturated carbocycles. The van der Waals surface area contributed by atoms with E-state index in [1.807, 2.05) is 0 Å². The Labute approximate surface area is 313 Å². The van der Waals surface area contributed by atoms with Gasteiger partial charge in [0.15, 0.2) is 23.3 Å². The highest BCUT2D eigenvalue weighted by atomic mass is 19.4. The predicted octanol–water partition coefficient (Wildman–Crippen LogP) is 7.21. The third-order valence-corrected chi connectivity index (χ3v) is 6.32. The summed E-state index contributed by atoms with van der Waals surface area (Å²) in [5.74, 6) is -44.4. The predicted molar refractivity (Wildman–Crippen MR) is 163 cm³/mol. The van der Waals surface area contributed by atoms with Crippen LogP contribution in [0.15, 0.2) is 71.9 Å². The minimum absolute atomic E-state index is 0.547. The number of aliphatic hydroxyl groups is 2. The molecular formula is C32H35F15O10. The second-order valence-electron chi connectivity index (χ2n) is 11.7. The Kier molecular flexibility index (Phi) is 21.3. The molecule has 0 amide bonds. The number of halogens is 15. The van der Waals surface area contributed by atoms with Crippen LogP contribution in [0.4, 0.5) is 65.9 Å². The minimum atomic E-state index is -7.18. The van der Waals surface area contributed by atoms with Crippen LogP contribution < -0.4 is 0 Å². The van der Waals surface area contributed by atoms with Crippen LogP contribution in [0.1, 0.15) is 20.3 Å². The number of alkyl halides is 7. The van der Waals surface area contributed by atoms with Gasteiger partial charge >= 0.3 is 29.9 Å².